The molecule has 0 radical (unpaired) electrons. The quantitative estimate of drug-likeness (QED) is 0.750. The number of nitrogens with zero attached hydrogens (tertiary/aromatic N) is 2. The number of aryl methyl sites for hydroxylation is 1. The lowest BCUT2D eigenvalue weighted by Gasteiger charge is -1.98. The molecule has 0 unspecified atom stereocenters. The van der Waals surface area contributed by atoms with Crippen LogP contribution < -0.4 is 5.32 Å². The van der Waals surface area contributed by atoms with Crippen molar-refractivity contribution in [3.05, 3.63) is 18.0 Å². The Morgan fingerprint density at radius 1 is 1.62 bits per heavy atom. The van der Waals surface area contributed by atoms with Crippen molar-refractivity contribution in [1.82, 2.24) is 15.1 Å². The van der Waals surface area contributed by atoms with Crippen molar-refractivity contribution in [3.8, 4) is 0 Å². The molecule has 1 aromatic heterocycles. The summed E-state index contributed by atoms with van der Waals surface area (Å²) in [5, 5.41) is 7.55. The van der Waals surface area contributed by atoms with Crippen LogP contribution in [0.5, 0.6) is 0 Å². The van der Waals surface area contributed by atoms with Crippen molar-refractivity contribution < 1.29 is 0 Å². The van der Waals surface area contributed by atoms with Crippen LogP contribution in [0.3, 0.4) is 0 Å². The Morgan fingerprint density at radius 2 is 2.46 bits per heavy atom. The standard InChI is InChI=1S/C9H17N3S/c1-3-10-6-9-7-11-12(8-9)4-5-13-2/h7-8,10H,3-6H2,1-2H3. The molecule has 0 bridgehead atoms. The Kier molecular flexibility index (Phi) is 4.93. The first-order chi connectivity index (χ1) is 6.36. The molecule has 74 valence electrons. The number of hydrogen-bond donors (Lipinski definition) is 1. The second kappa shape index (κ2) is 6.05. The van der Waals surface area contributed by atoms with Crippen LogP contribution in [0, 0.1) is 0 Å². The van der Waals surface area contributed by atoms with Gasteiger partial charge in [0.1, 0.15) is 0 Å². The molecular weight excluding hydrogens is 182 g/mol. The maximum Gasteiger partial charge on any atom is 0.0534 e. The van der Waals surface area contributed by atoms with Gasteiger partial charge in [0.05, 0.1) is 6.20 Å². The Morgan fingerprint density at radius 3 is 3.15 bits per heavy atom. The maximum atomic E-state index is 4.27. The molecule has 3 nitrogen and oxygen atoms in total. The first-order valence-corrected chi connectivity index (χ1v) is 5.97. The van der Waals surface area contributed by atoms with Crippen molar-refractivity contribution in [2.24, 2.45) is 0 Å². The molecule has 0 saturated carbocycles. The average molecular weight is 199 g/mol. The Labute approximate surface area is 83.9 Å². The molecule has 0 aromatic carbocycles. The highest BCUT2D eigenvalue weighted by atomic mass is 32.2. The topological polar surface area (TPSA) is 29.9 Å². The summed E-state index contributed by atoms with van der Waals surface area (Å²) >= 11 is 1.85. The van der Waals surface area contributed by atoms with Crippen LogP contribution in [0.25, 0.3) is 0 Å². The third kappa shape index (κ3) is 3.83. The van der Waals surface area contributed by atoms with Crippen molar-refractivity contribution in [1.29, 1.82) is 0 Å². The monoisotopic (exact) mass is 199 g/mol. The van der Waals surface area contributed by atoms with Crippen LogP contribution in [-0.4, -0.2) is 28.3 Å². The third-order valence-electron chi connectivity index (χ3n) is 1.79. The summed E-state index contributed by atoms with van der Waals surface area (Å²) in [6.07, 6.45) is 6.16. The summed E-state index contributed by atoms with van der Waals surface area (Å²) in [7, 11) is 0. The van der Waals surface area contributed by atoms with E-state index in [9.17, 15) is 0 Å². The fourth-order valence-corrected chi connectivity index (χ4v) is 1.44. The van der Waals surface area contributed by atoms with Gasteiger partial charge in [0.2, 0.25) is 0 Å². The van der Waals surface area contributed by atoms with Gasteiger partial charge in [-0.1, -0.05) is 6.92 Å². The lowest BCUT2D eigenvalue weighted by atomic mass is 10.3. The van der Waals surface area contributed by atoms with E-state index in [1.807, 2.05) is 22.6 Å². The normalized spacial score (nSPS) is 10.6. The van der Waals surface area contributed by atoms with E-state index in [1.165, 1.54) is 5.56 Å². The van der Waals surface area contributed by atoms with Gasteiger partial charge < -0.3 is 5.32 Å². The summed E-state index contributed by atoms with van der Waals surface area (Å²) in [6.45, 7) is 5.05. The van der Waals surface area contributed by atoms with Gasteiger partial charge in [-0.15, -0.1) is 0 Å². The minimum absolute atomic E-state index is 0.926. The van der Waals surface area contributed by atoms with Crippen molar-refractivity contribution in [2.45, 2.75) is 20.0 Å². The van der Waals surface area contributed by atoms with Gasteiger partial charge in [-0.05, 0) is 12.8 Å². The summed E-state index contributed by atoms with van der Waals surface area (Å²) in [5.74, 6) is 1.13. The molecule has 1 N–H and O–H groups in total. The van der Waals surface area contributed by atoms with E-state index in [4.69, 9.17) is 0 Å². The van der Waals surface area contributed by atoms with Crippen molar-refractivity contribution in [3.63, 3.8) is 0 Å². The van der Waals surface area contributed by atoms with Crippen LogP contribution in [0.1, 0.15) is 12.5 Å². The number of rotatable bonds is 6. The average Bonchev–Trinajstić information content (AvgIpc) is 2.59. The Hall–Kier alpha value is -0.480. The van der Waals surface area contributed by atoms with Crippen molar-refractivity contribution in [2.75, 3.05) is 18.6 Å². The fourth-order valence-electron chi connectivity index (χ4n) is 1.07. The highest BCUT2D eigenvalue weighted by molar-refractivity contribution is 7.98. The third-order valence-corrected chi connectivity index (χ3v) is 2.38. The molecule has 0 aliphatic heterocycles. The van der Waals surface area contributed by atoms with Crippen molar-refractivity contribution >= 4 is 11.8 Å². The van der Waals surface area contributed by atoms with E-state index in [0.717, 1.165) is 25.4 Å². The molecule has 0 spiro atoms. The summed E-state index contributed by atoms with van der Waals surface area (Å²) in [5.41, 5.74) is 1.27. The van der Waals surface area contributed by atoms with Gasteiger partial charge in [0, 0.05) is 30.6 Å². The van der Waals surface area contributed by atoms with E-state index >= 15 is 0 Å². The highest BCUT2D eigenvalue weighted by Crippen LogP contribution is 1.99. The zero-order valence-electron chi connectivity index (χ0n) is 8.29. The molecule has 0 amide bonds. The predicted octanol–water partition coefficient (Wildman–Crippen LogP) is 1.36. The first kappa shape index (κ1) is 10.6. The second-order valence-corrected chi connectivity index (χ2v) is 3.87. The molecule has 1 aromatic rings. The molecule has 0 fully saturated rings. The van der Waals surface area contributed by atoms with Gasteiger partial charge in [-0.2, -0.15) is 16.9 Å². The first-order valence-electron chi connectivity index (χ1n) is 4.57. The second-order valence-electron chi connectivity index (χ2n) is 2.88. The minimum atomic E-state index is 0.926. The van der Waals surface area contributed by atoms with E-state index < -0.39 is 0 Å². The smallest absolute Gasteiger partial charge is 0.0534 e. The van der Waals surface area contributed by atoms with Crippen LogP contribution >= 0.6 is 11.8 Å². The molecule has 4 heteroatoms. The Balaban J connectivity index is 2.34. The lowest BCUT2D eigenvalue weighted by Crippen LogP contribution is -2.11. The lowest BCUT2D eigenvalue weighted by molar-refractivity contribution is 0.664. The largest absolute Gasteiger partial charge is 0.313 e. The predicted molar refractivity (Wildman–Crippen MR) is 58.0 cm³/mol. The van der Waals surface area contributed by atoms with Crippen LogP contribution in [-0.2, 0) is 13.1 Å². The van der Waals surface area contributed by atoms with Gasteiger partial charge in [0.25, 0.3) is 0 Å². The highest BCUT2D eigenvalue weighted by Gasteiger charge is 1.96. The zero-order chi connectivity index (χ0) is 9.52. The molecule has 1 heterocycles. The van der Waals surface area contributed by atoms with Crippen LogP contribution in [0.4, 0.5) is 0 Å². The number of aromatic nitrogens is 2. The molecule has 0 saturated heterocycles. The summed E-state index contributed by atoms with van der Waals surface area (Å²) < 4.78 is 2.00. The SMILES string of the molecule is CCNCc1cnn(CCSC)c1. The summed E-state index contributed by atoms with van der Waals surface area (Å²) in [6, 6.07) is 0. The van der Waals surface area contributed by atoms with Gasteiger partial charge in [0.15, 0.2) is 0 Å². The molecular formula is C9H17N3S. The molecule has 13 heavy (non-hydrogen) atoms. The van der Waals surface area contributed by atoms with Crippen LogP contribution in [0.15, 0.2) is 12.4 Å². The van der Waals surface area contributed by atoms with E-state index in [-0.39, 0.29) is 0 Å². The van der Waals surface area contributed by atoms with E-state index in [1.54, 1.807) is 0 Å². The molecule has 0 aliphatic rings. The van der Waals surface area contributed by atoms with E-state index in [2.05, 4.69) is 29.8 Å². The van der Waals surface area contributed by atoms with E-state index in [0.29, 0.717) is 0 Å². The fraction of sp³-hybridized carbons (Fsp3) is 0.667. The van der Waals surface area contributed by atoms with Gasteiger partial charge in [-0.25, -0.2) is 0 Å². The molecule has 1 rings (SSSR count). The minimum Gasteiger partial charge on any atom is -0.313 e. The van der Waals surface area contributed by atoms with Crippen LogP contribution in [0.2, 0.25) is 0 Å². The van der Waals surface area contributed by atoms with Gasteiger partial charge >= 0.3 is 0 Å². The summed E-state index contributed by atoms with van der Waals surface area (Å²) in [4.78, 5) is 0. The maximum absolute atomic E-state index is 4.27. The molecule has 0 aliphatic carbocycles. The number of hydrogen-bond acceptors (Lipinski definition) is 3. The molecule has 0 atom stereocenters. The number of thioether (sulfide) groups is 1. The Bertz CT molecular complexity index is 212. The zero-order valence-corrected chi connectivity index (χ0v) is 9.10. The number of nitrogens with one attached hydrogen (secondary N) is 1. The van der Waals surface area contributed by atoms with Gasteiger partial charge in [-0.3, -0.25) is 4.68 Å².